The summed E-state index contributed by atoms with van der Waals surface area (Å²) >= 11 is 0. The van der Waals surface area contributed by atoms with Crippen molar-refractivity contribution >= 4 is 6.09 Å². The van der Waals surface area contributed by atoms with Crippen molar-refractivity contribution in [1.29, 1.82) is 0 Å². The molecule has 0 radical (unpaired) electrons. The van der Waals surface area contributed by atoms with E-state index in [4.69, 9.17) is 9.47 Å². The number of rotatable bonds is 6. The van der Waals surface area contributed by atoms with E-state index in [1.165, 1.54) is 0 Å². The zero-order valence-corrected chi connectivity index (χ0v) is 14.4. The van der Waals surface area contributed by atoms with Crippen LogP contribution in [-0.2, 0) is 11.3 Å². The first-order valence-corrected chi connectivity index (χ1v) is 8.83. The van der Waals surface area contributed by atoms with Crippen molar-refractivity contribution in [1.82, 2.24) is 10.2 Å². The van der Waals surface area contributed by atoms with Crippen LogP contribution in [-0.4, -0.2) is 43.3 Å². The molecule has 1 aromatic carbocycles. The minimum atomic E-state index is -0.758. The molecule has 1 aliphatic carbocycles. The molecule has 3 rings (SSSR count). The summed E-state index contributed by atoms with van der Waals surface area (Å²) < 4.78 is 38.8. The van der Waals surface area contributed by atoms with Gasteiger partial charge in [0, 0.05) is 37.8 Å². The summed E-state index contributed by atoms with van der Waals surface area (Å²) in [7, 11) is 0. The zero-order valence-electron chi connectivity index (χ0n) is 14.4. The molecule has 1 amide bonds. The SMILES string of the molecule is CC[C@@H]1CNCCN1C(=O)OCc1c(F)cc(OCC2CC2)cc1F. The van der Waals surface area contributed by atoms with Crippen molar-refractivity contribution < 1.29 is 23.0 Å². The predicted molar refractivity (Wildman–Crippen MR) is 88.4 cm³/mol. The minimum absolute atomic E-state index is 0.0362. The molecule has 25 heavy (non-hydrogen) atoms. The van der Waals surface area contributed by atoms with Crippen molar-refractivity contribution in [3.8, 4) is 5.75 Å². The Morgan fingerprint density at radius 3 is 2.68 bits per heavy atom. The Kier molecular flexibility index (Phi) is 5.73. The van der Waals surface area contributed by atoms with Crippen LogP contribution in [0.1, 0.15) is 31.7 Å². The molecule has 1 aromatic rings. The van der Waals surface area contributed by atoms with Gasteiger partial charge in [0.2, 0.25) is 0 Å². The molecule has 0 bridgehead atoms. The fourth-order valence-corrected chi connectivity index (χ4v) is 2.88. The lowest BCUT2D eigenvalue weighted by Gasteiger charge is -2.34. The molecule has 1 saturated carbocycles. The van der Waals surface area contributed by atoms with Gasteiger partial charge in [-0.25, -0.2) is 13.6 Å². The number of carbonyl (C=O) groups excluding carboxylic acids is 1. The summed E-state index contributed by atoms with van der Waals surface area (Å²) in [4.78, 5) is 13.8. The molecule has 1 atom stereocenters. The van der Waals surface area contributed by atoms with Gasteiger partial charge in [-0.05, 0) is 25.2 Å². The fraction of sp³-hybridized carbons (Fsp3) is 0.611. The lowest BCUT2D eigenvalue weighted by Crippen LogP contribution is -2.53. The van der Waals surface area contributed by atoms with Gasteiger partial charge in [0.05, 0.1) is 12.2 Å². The highest BCUT2D eigenvalue weighted by molar-refractivity contribution is 5.68. The number of amides is 1. The monoisotopic (exact) mass is 354 g/mol. The second-order valence-corrected chi connectivity index (χ2v) is 6.63. The normalized spacial score (nSPS) is 20.4. The van der Waals surface area contributed by atoms with Gasteiger partial charge in [0.1, 0.15) is 24.0 Å². The van der Waals surface area contributed by atoms with Crippen LogP contribution in [0, 0.1) is 17.6 Å². The number of piperazine rings is 1. The number of nitrogens with zero attached hydrogens (tertiary/aromatic N) is 1. The van der Waals surface area contributed by atoms with Crippen molar-refractivity contribution in [2.45, 2.75) is 38.8 Å². The second kappa shape index (κ2) is 7.99. The molecule has 7 heteroatoms. The van der Waals surface area contributed by atoms with E-state index in [0.29, 0.717) is 32.2 Å². The summed E-state index contributed by atoms with van der Waals surface area (Å²) in [6, 6.07) is 2.33. The molecule has 2 fully saturated rings. The average Bonchev–Trinajstić information content (AvgIpc) is 3.43. The minimum Gasteiger partial charge on any atom is -0.493 e. The van der Waals surface area contributed by atoms with E-state index in [2.05, 4.69) is 5.32 Å². The molecule has 1 heterocycles. The third kappa shape index (κ3) is 4.60. The number of nitrogens with one attached hydrogen (secondary N) is 1. The quantitative estimate of drug-likeness (QED) is 0.853. The number of halogens is 2. The van der Waals surface area contributed by atoms with Crippen molar-refractivity contribution in [2.75, 3.05) is 26.2 Å². The molecule has 5 nitrogen and oxygen atoms in total. The first-order chi connectivity index (χ1) is 12.1. The smallest absolute Gasteiger partial charge is 0.410 e. The van der Waals surface area contributed by atoms with Gasteiger partial charge in [-0.3, -0.25) is 0 Å². The Bertz CT molecular complexity index is 599. The van der Waals surface area contributed by atoms with Crippen LogP contribution in [0.15, 0.2) is 12.1 Å². The maximum atomic E-state index is 14.2. The van der Waals surface area contributed by atoms with E-state index in [0.717, 1.165) is 31.4 Å². The predicted octanol–water partition coefficient (Wildman–Crippen LogP) is 3.07. The van der Waals surface area contributed by atoms with Gasteiger partial charge in [0.15, 0.2) is 0 Å². The Balaban J connectivity index is 1.58. The maximum Gasteiger partial charge on any atom is 0.410 e. The van der Waals surface area contributed by atoms with Crippen molar-refractivity contribution in [2.24, 2.45) is 5.92 Å². The summed E-state index contributed by atoms with van der Waals surface area (Å²) in [5, 5.41) is 3.21. The van der Waals surface area contributed by atoms with Crippen LogP contribution in [0.25, 0.3) is 0 Å². The van der Waals surface area contributed by atoms with Crippen LogP contribution < -0.4 is 10.1 Å². The van der Waals surface area contributed by atoms with Crippen LogP contribution in [0.2, 0.25) is 0 Å². The molecule has 1 saturated heterocycles. The van der Waals surface area contributed by atoms with Gasteiger partial charge in [-0.1, -0.05) is 6.92 Å². The summed E-state index contributed by atoms with van der Waals surface area (Å²) in [6.45, 7) is 3.94. The molecule has 1 N–H and O–H groups in total. The third-order valence-electron chi connectivity index (χ3n) is 4.69. The Hall–Kier alpha value is -1.89. The highest BCUT2D eigenvalue weighted by Crippen LogP contribution is 2.30. The Morgan fingerprint density at radius 1 is 1.32 bits per heavy atom. The van der Waals surface area contributed by atoms with E-state index in [9.17, 15) is 13.6 Å². The Morgan fingerprint density at radius 2 is 2.04 bits per heavy atom. The standard InChI is InChI=1S/C18H24F2N2O3/c1-2-13-9-21-5-6-22(13)18(23)25-11-15-16(19)7-14(8-17(15)20)24-10-12-3-4-12/h7-8,12-13,21H,2-6,9-11H2,1H3/t13-/m1/s1. The number of hydrogen-bond donors (Lipinski definition) is 1. The van der Waals surface area contributed by atoms with E-state index >= 15 is 0 Å². The number of benzene rings is 1. The first-order valence-electron chi connectivity index (χ1n) is 8.83. The van der Waals surface area contributed by atoms with Crippen molar-refractivity contribution in [3.63, 3.8) is 0 Å². The second-order valence-electron chi connectivity index (χ2n) is 6.63. The number of ether oxygens (including phenoxy) is 2. The van der Waals surface area contributed by atoms with Crippen molar-refractivity contribution in [3.05, 3.63) is 29.3 Å². The molecular formula is C18H24F2N2O3. The van der Waals surface area contributed by atoms with E-state index in [1.54, 1.807) is 4.90 Å². The lowest BCUT2D eigenvalue weighted by molar-refractivity contribution is 0.0699. The van der Waals surface area contributed by atoms with Gasteiger partial charge in [0.25, 0.3) is 0 Å². The first kappa shape index (κ1) is 17.9. The molecule has 0 aromatic heterocycles. The van der Waals surface area contributed by atoms with Gasteiger partial charge < -0.3 is 19.7 Å². The van der Waals surface area contributed by atoms with Gasteiger partial charge in [-0.15, -0.1) is 0 Å². The summed E-state index contributed by atoms with van der Waals surface area (Å²) in [5.74, 6) is -0.848. The Labute approximate surface area is 146 Å². The van der Waals surface area contributed by atoms with E-state index in [-0.39, 0.29) is 17.4 Å². The van der Waals surface area contributed by atoms with Gasteiger partial charge >= 0.3 is 6.09 Å². The number of carbonyl (C=O) groups is 1. The molecule has 1 aliphatic heterocycles. The zero-order chi connectivity index (χ0) is 17.8. The third-order valence-corrected chi connectivity index (χ3v) is 4.69. The highest BCUT2D eigenvalue weighted by Gasteiger charge is 2.27. The maximum absolute atomic E-state index is 14.2. The fourth-order valence-electron chi connectivity index (χ4n) is 2.88. The van der Waals surface area contributed by atoms with E-state index < -0.39 is 24.3 Å². The molecule has 0 unspecified atom stereocenters. The molecule has 2 aliphatic rings. The largest absolute Gasteiger partial charge is 0.493 e. The molecular weight excluding hydrogens is 330 g/mol. The molecule has 138 valence electrons. The van der Waals surface area contributed by atoms with Crippen LogP contribution in [0.4, 0.5) is 13.6 Å². The average molecular weight is 354 g/mol. The summed E-state index contributed by atoms with van der Waals surface area (Å²) in [6.07, 6.45) is 2.45. The lowest BCUT2D eigenvalue weighted by atomic mass is 10.1. The van der Waals surface area contributed by atoms with Gasteiger partial charge in [-0.2, -0.15) is 0 Å². The van der Waals surface area contributed by atoms with Crippen LogP contribution in [0.5, 0.6) is 5.75 Å². The molecule has 0 spiro atoms. The van der Waals surface area contributed by atoms with E-state index in [1.807, 2.05) is 6.92 Å². The van der Waals surface area contributed by atoms with Crippen LogP contribution in [0.3, 0.4) is 0 Å². The number of hydrogen-bond acceptors (Lipinski definition) is 4. The topological polar surface area (TPSA) is 50.8 Å². The van der Waals surface area contributed by atoms with Crippen LogP contribution >= 0.6 is 0 Å². The summed E-state index contributed by atoms with van der Waals surface area (Å²) in [5.41, 5.74) is -0.254. The highest BCUT2D eigenvalue weighted by atomic mass is 19.1.